The molecule has 1 amide bonds. The Morgan fingerprint density at radius 3 is 3.14 bits per heavy atom. The van der Waals surface area contributed by atoms with Gasteiger partial charge in [-0.15, -0.1) is 0 Å². The first kappa shape index (κ1) is 12.6. The molecule has 108 valence electrons. The second kappa shape index (κ2) is 4.98. The molecule has 0 saturated heterocycles. The zero-order chi connectivity index (χ0) is 14.2. The summed E-state index contributed by atoms with van der Waals surface area (Å²) < 4.78 is 0. The molecule has 1 saturated carbocycles. The molecule has 0 spiro atoms. The number of carbonyl (C=O) groups is 1. The predicted molar refractivity (Wildman–Crippen MR) is 77.6 cm³/mol. The zero-order valence-electron chi connectivity index (χ0n) is 11.7. The van der Waals surface area contributed by atoms with Gasteiger partial charge in [-0.3, -0.25) is 9.89 Å². The number of hydrogen-bond donors (Lipinski definition) is 2. The minimum absolute atomic E-state index is 0.170. The molecule has 4 rings (SSSR count). The standard InChI is InChI=1S/C16H18N4O/c21-16(17-8-7-13-18-9-19-20-13)15-12-6-5-10-3-1-2-4-11(10)14(12)15/h1-4,9,12,14-15H,5-8H2,(H,17,21)(H,18,19,20). The maximum atomic E-state index is 12.4. The lowest BCUT2D eigenvalue weighted by atomic mass is 9.92. The normalized spacial score (nSPS) is 25.8. The van der Waals surface area contributed by atoms with Crippen molar-refractivity contribution in [3.05, 3.63) is 47.5 Å². The van der Waals surface area contributed by atoms with Gasteiger partial charge in [-0.2, -0.15) is 5.10 Å². The summed E-state index contributed by atoms with van der Waals surface area (Å²) in [6.45, 7) is 0.617. The minimum Gasteiger partial charge on any atom is -0.355 e. The van der Waals surface area contributed by atoms with E-state index in [0.717, 1.165) is 18.7 Å². The fraction of sp³-hybridized carbons (Fsp3) is 0.438. The van der Waals surface area contributed by atoms with Gasteiger partial charge in [-0.25, -0.2) is 4.98 Å². The number of nitrogens with one attached hydrogen (secondary N) is 2. The van der Waals surface area contributed by atoms with Crippen LogP contribution in [0, 0.1) is 11.8 Å². The van der Waals surface area contributed by atoms with Crippen LogP contribution in [0.15, 0.2) is 30.6 Å². The van der Waals surface area contributed by atoms with E-state index >= 15 is 0 Å². The molecule has 2 aliphatic carbocycles. The first-order valence-corrected chi connectivity index (χ1v) is 7.54. The van der Waals surface area contributed by atoms with Crippen LogP contribution in [-0.2, 0) is 17.6 Å². The van der Waals surface area contributed by atoms with Gasteiger partial charge in [0.05, 0.1) is 0 Å². The smallest absolute Gasteiger partial charge is 0.224 e. The predicted octanol–water partition coefficient (Wildman–Crippen LogP) is 1.44. The van der Waals surface area contributed by atoms with E-state index in [4.69, 9.17) is 0 Å². The van der Waals surface area contributed by atoms with Gasteiger partial charge in [0, 0.05) is 18.9 Å². The molecule has 2 N–H and O–H groups in total. The Hall–Kier alpha value is -2.17. The fourth-order valence-electron chi connectivity index (χ4n) is 3.70. The van der Waals surface area contributed by atoms with Crippen molar-refractivity contribution in [1.82, 2.24) is 20.5 Å². The number of aryl methyl sites for hydroxylation is 1. The number of H-pyrrole nitrogens is 1. The van der Waals surface area contributed by atoms with Crippen LogP contribution in [0.1, 0.15) is 29.3 Å². The molecule has 3 atom stereocenters. The molecule has 2 aromatic rings. The Kier molecular flexibility index (Phi) is 2.98. The third-order valence-corrected chi connectivity index (χ3v) is 4.76. The third-order valence-electron chi connectivity index (χ3n) is 4.76. The van der Waals surface area contributed by atoms with E-state index in [-0.39, 0.29) is 11.8 Å². The third kappa shape index (κ3) is 2.22. The average Bonchev–Trinajstić information content (AvgIpc) is 3.04. The SMILES string of the molecule is O=C(NCCc1ncn[nH]1)C1C2CCc3ccccc3C21. The van der Waals surface area contributed by atoms with Crippen LogP contribution in [0.25, 0.3) is 0 Å². The van der Waals surface area contributed by atoms with Gasteiger partial charge >= 0.3 is 0 Å². The summed E-state index contributed by atoms with van der Waals surface area (Å²) >= 11 is 0. The van der Waals surface area contributed by atoms with Gasteiger partial charge in [0.2, 0.25) is 5.91 Å². The maximum Gasteiger partial charge on any atom is 0.224 e. The van der Waals surface area contributed by atoms with E-state index in [9.17, 15) is 4.79 Å². The van der Waals surface area contributed by atoms with Crippen molar-refractivity contribution < 1.29 is 4.79 Å². The Morgan fingerprint density at radius 2 is 2.29 bits per heavy atom. The Balaban J connectivity index is 1.37. The summed E-state index contributed by atoms with van der Waals surface area (Å²) in [7, 11) is 0. The Labute approximate surface area is 123 Å². The van der Waals surface area contributed by atoms with Crippen LogP contribution in [0.3, 0.4) is 0 Å². The first-order chi connectivity index (χ1) is 10.3. The first-order valence-electron chi connectivity index (χ1n) is 7.54. The number of aromatic nitrogens is 3. The number of carbonyl (C=O) groups excluding carboxylic acids is 1. The van der Waals surface area contributed by atoms with Crippen LogP contribution < -0.4 is 5.32 Å². The van der Waals surface area contributed by atoms with Gasteiger partial charge < -0.3 is 5.32 Å². The number of hydrogen-bond acceptors (Lipinski definition) is 3. The second-order valence-electron chi connectivity index (χ2n) is 5.93. The van der Waals surface area contributed by atoms with Crippen LogP contribution in [0.5, 0.6) is 0 Å². The van der Waals surface area contributed by atoms with Crippen molar-refractivity contribution in [1.29, 1.82) is 0 Å². The monoisotopic (exact) mass is 282 g/mol. The number of rotatable bonds is 4. The summed E-state index contributed by atoms with van der Waals surface area (Å²) in [5, 5.41) is 9.65. The van der Waals surface area contributed by atoms with E-state index in [2.05, 4.69) is 44.8 Å². The maximum absolute atomic E-state index is 12.4. The molecular formula is C16H18N4O. The molecule has 5 nitrogen and oxygen atoms in total. The highest BCUT2D eigenvalue weighted by Crippen LogP contribution is 2.59. The molecule has 1 aromatic heterocycles. The molecule has 21 heavy (non-hydrogen) atoms. The minimum atomic E-state index is 0.170. The Bertz CT molecular complexity index is 652. The van der Waals surface area contributed by atoms with Gasteiger partial charge in [0.15, 0.2) is 0 Å². The van der Waals surface area contributed by atoms with Crippen LogP contribution in [-0.4, -0.2) is 27.6 Å². The molecule has 1 aromatic carbocycles. The van der Waals surface area contributed by atoms with Gasteiger partial charge in [-0.1, -0.05) is 24.3 Å². The molecule has 1 fully saturated rings. The largest absolute Gasteiger partial charge is 0.355 e. The topological polar surface area (TPSA) is 70.7 Å². The lowest BCUT2D eigenvalue weighted by Gasteiger charge is -2.13. The summed E-state index contributed by atoms with van der Waals surface area (Å²) in [5.74, 6) is 2.17. The number of fused-ring (bicyclic) bond motifs is 3. The second-order valence-corrected chi connectivity index (χ2v) is 5.93. The fourth-order valence-corrected chi connectivity index (χ4v) is 3.70. The van der Waals surface area contributed by atoms with Crippen molar-refractivity contribution >= 4 is 5.91 Å². The number of benzene rings is 1. The number of aromatic amines is 1. The highest BCUT2D eigenvalue weighted by Gasteiger charge is 2.56. The quantitative estimate of drug-likeness (QED) is 0.891. The van der Waals surface area contributed by atoms with Crippen molar-refractivity contribution in [3.8, 4) is 0 Å². The average molecular weight is 282 g/mol. The van der Waals surface area contributed by atoms with Gasteiger partial charge in [0.25, 0.3) is 0 Å². The number of nitrogens with zero attached hydrogens (tertiary/aromatic N) is 2. The molecule has 5 heteroatoms. The van der Waals surface area contributed by atoms with E-state index in [1.54, 1.807) is 0 Å². The van der Waals surface area contributed by atoms with E-state index < -0.39 is 0 Å². The van der Waals surface area contributed by atoms with Crippen molar-refractivity contribution in [2.45, 2.75) is 25.2 Å². The summed E-state index contributed by atoms with van der Waals surface area (Å²) in [4.78, 5) is 16.4. The molecule has 1 heterocycles. The molecular weight excluding hydrogens is 264 g/mol. The summed E-state index contributed by atoms with van der Waals surface area (Å²) in [6.07, 6.45) is 4.44. The molecule has 3 unspecified atom stereocenters. The summed E-state index contributed by atoms with van der Waals surface area (Å²) in [5.41, 5.74) is 2.82. The zero-order valence-corrected chi connectivity index (χ0v) is 11.7. The van der Waals surface area contributed by atoms with E-state index in [0.29, 0.717) is 24.8 Å². The highest BCUT2D eigenvalue weighted by atomic mass is 16.2. The summed E-state index contributed by atoms with van der Waals surface area (Å²) in [6, 6.07) is 8.56. The molecule has 0 bridgehead atoms. The Morgan fingerprint density at radius 1 is 1.38 bits per heavy atom. The lowest BCUT2D eigenvalue weighted by molar-refractivity contribution is -0.122. The van der Waals surface area contributed by atoms with Crippen molar-refractivity contribution in [2.24, 2.45) is 11.8 Å². The van der Waals surface area contributed by atoms with Gasteiger partial charge in [-0.05, 0) is 35.8 Å². The van der Waals surface area contributed by atoms with Crippen LogP contribution in [0.2, 0.25) is 0 Å². The molecule has 0 radical (unpaired) electrons. The van der Waals surface area contributed by atoms with Crippen molar-refractivity contribution in [2.75, 3.05) is 6.54 Å². The van der Waals surface area contributed by atoms with Crippen LogP contribution in [0.4, 0.5) is 0 Å². The molecule has 2 aliphatic rings. The van der Waals surface area contributed by atoms with E-state index in [1.807, 2.05) is 0 Å². The van der Waals surface area contributed by atoms with Crippen molar-refractivity contribution in [3.63, 3.8) is 0 Å². The molecule has 0 aliphatic heterocycles. The highest BCUT2D eigenvalue weighted by molar-refractivity contribution is 5.84. The van der Waals surface area contributed by atoms with E-state index in [1.165, 1.54) is 17.5 Å². The lowest BCUT2D eigenvalue weighted by Crippen LogP contribution is -2.28. The van der Waals surface area contributed by atoms with Crippen LogP contribution >= 0.6 is 0 Å². The number of amides is 1. The van der Waals surface area contributed by atoms with Gasteiger partial charge in [0.1, 0.15) is 12.2 Å².